The van der Waals surface area contributed by atoms with Crippen molar-refractivity contribution in [2.24, 2.45) is 4.99 Å². The summed E-state index contributed by atoms with van der Waals surface area (Å²) >= 11 is 12.6. The first-order valence-corrected chi connectivity index (χ1v) is 7.30. The number of guanidine groups is 1. The summed E-state index contributed by atoms with van der Waals surface area (Å²) < 4.78 is 0. The second-order valence-electron chi connectivity index (χ2n) is 5.62. The number of hydrogen-bond acceptors (Lipinski definition) is 3. The number of halogens is 2. The van der Waals surface area contributed by atoms with Gasteiger partial charge in [0.15, 0.2) is 0 Å². The number of para-hydroxylation sites is 1. The van der Waals surface area contributed by atoms with Crippen molar-refractivity contribution in [3.05, 3.63) is 28.2 Å². The molecule has 0 N–H and O–H groups in total. The molecule has 1 saturated heterocycles. The fraction of sp³-hybridized carbons (Fsp3) is 0.500. The van der Waals surface area contributed by atoms with Gasteiger partial charge in [-0.05, 0) is 32.4 Å². The van der Waals surface area contributed by atoms with Crippen LogP contribution in [0.3, 0.4) is 0 Å². The quantitative estimate of drug-likeness (QED) is 0.788. The fourth-order valence-electron chi connectivity index (χ4n) is 2.82. The van der Waals surface area contributed by atoms with Crippen LogP contribution in [0.4, 0.5) is 5.69 Å². The maximum absolute atomic E-state index is 6.32. The van der Waals surface area contributed by atoms with Gasteiger partial charge in [-0.15, -0.1) is 0 Å². The van der Waals surface area contributed by atoms with Gasteiger partial charge in [-0.3, -0.25) is 4.99 Å². The smallest absolute Gasteiger partial charge is 0.201 e. The Morgan fingerprint density at radius 3 is 2.53 bits per heavy atom. The standard InChI is InChI=1S/C14H17Cl2N3/c1-14(2)6-8-18(13-17-7-9-19(13)14)12-10(15)4-3-5-11(12)16/h3-5H,6-9H2,1-2H3. The highest BCUT2D eigenvalue weighted by Gasteiger charge is 2.40. The first-order chi connectivity index (χ1) is 9.00. The molecule has 3 rings (SSSR count). The van der Waals surface area contributed by atoms with Gasteiger partial charge >= 0.3 is 0 Å². The van der Waals surface area contributed by atoms with E-state index in [1.165, 1.54) is 0 Å². The van der Waals surface area contributed by atoms with E-state index in [-0.39, 0.29) is 5.54 Å². The number of fused-ring (bicyclic) bond motifs is 1. The molecule has 3 nitrogen and oxygen atoms in total. The third-order valence-electron chi connectivity index (χ3n) is 3.95. The Bertz CT molecular complexity index is 519. The lowest BCUT2D eigenvalue weighted by atomic mass is 9.95. The van der Waals surface area contributed by atoms with E-state index in [9.17, 15) is 0 Å². The van der Waals surface area contributed by atoms with Crippen molar-refractivity contribution in [3.8, 4) is 0 Å². The fourth-order valence-corrected chi connectivity index (χ4v) is 3.42. The van der Waals surface area contributed by atoms with Gasteiger partial charge in [0, 0.05) is 18.6 Å². The molecular weight excluding hydrogens is 281 g/mol. The van der Waals surface area contributed by atoms with Crippen molar-refractivity contribution in [1.29, 1.82) is 0 Å². The third-order valence-corrected chi connectivity index (χ3v) is 4.56. The molecule has 5 heteroatoms. The average molecular weight is 298 g/mol. The van der Waals surface area contributed by atoms with E-state index >= 15 is 0 Å². The highest BCUT2D eigenvalue weighted by molar-refractivity contribution is 6.40. The van der Waals surface area contributed by atoms with Crippen LogP contribution < -0.4 is 4.90 Å². The van der Waals surface area contributed by atoms with Crippen LogP contribution >= 0.6 is 23.2 Å². The SMILES string of the molecule is CC1(C)CCN(c2c(Cl)cccc2Cl)C2=NCCN21. The van der Waals surface area contributed by atoms with Gasteiger partial charge in [-0.2, -0.15) is 0 Å². The molecule has 102 valence electrons. The summed E-state index contributed by atoms with van der Waals surface area (Å²) in [6, 6.07) is 5.63. The third kappa shape index (κ3) is 2.09. The topological polar surface area (TPSA) is 18.8 Å². The minimum absolute atomic E-state index is 0.152. The van der Waals surface area contributed by atoms with Gasteiger partial charge in [0.05, 0.1) is 22.3 Å². The van der Waals surface area contributed by atoms with Crippen LogP contribution in [-0.4, -0.2) is 36.0 Å². The van der Waals surface area contributed by atoms with Crippen LogP contribution in [0, 0.1) is 0 Å². The monoisotopic (exact) mass is 297 g/mol. The molecule has 0 atom stereocenters. The van der Waals surface area contributed by atoms with Crippen LogP contribution in [0.1, 0.15) is 20.3 Å². The Morgan fingerprint density at radius 1 is 1.16 bits per heavy atom. The summed E-state index contributed by atoms with van der Waals surface area (Å²) in [6.07, 6.45) is 1.06. The van der Waals surface area contributed by atoms with Gasteiger partial charge in [0.1, 0.15) is 0 Å². The zero-order valence-corrected chi connectivity index (χ0v) is 12.7. The summed E-state index contributed by atoms with van der Waals surface area (Å²) in [5.41, 5.74) is 1.03. The van der Waals surface area contributed by atoms with Crippen LogP contribution in [0.2, 0.25) is 10.0 Å². The summed E-state index contributed by atoms with van der Waals surface area (Å²) in [4.78, 5) is 9.16. The lowest BCUT2D eigenvalue weighted by Crippen LogP contribution is -2.58. The molecule has 0 unspecified atom stereocenters. The number of rotatable bonds is 1. The van der Waals surface area contributed by atoms with E-state index in [0.29, 0.717) is 10.0 Å². The Labute approximate surface area is 123 Å². The molecule has 0 aromatic heterocycles. The zero-order chi connectivity index (χ0) is 13.6. The molecule has 0 saturated carbocycles. The lowest BCUT2D eigenvalue weighted by Gasteiger charge is -2.47. The van der Waals surface area contributed by atoms with E-state index in [0.717, 1.165) is 37.7 Å². The van der Waals surface area contributed by atoms with E-state index in [4.69, 9.17) is 23.2 Å². The van der Waals surface area contributed by atoms with Crippen LogP contribution in [0.15, 0.2) is 23.2 Å². The molecular formula is C14H17Cl2N3. The predicted molar refractivity (Wildman–Crippen MR) is 81.5 cm³/mol. The van der Waals surface area contributed by atoms with Gasteiger partial charge in [0.25, 0.3) is 0 Å². The number of anilines is 1. The predicted octanol–water partition coefficient (Wildman–Crippen LogP) is 3.65. The normalized spacial score (nSPS) is 21.4. The highest BCUT2D eigenvalue weighted by Crippen LogP contribution is 2.38. The first-order valence-electron chi connectivity index (χ1n) is 6.54. The molecule has 2 aliphatic rings. The molecule has 2 heterocycles. The van der Waals surface area contributed by atoms with Crippen LogP contribution in [-0.2, 0) is 0 Å². The number of benzene rings is 1. The number of nitrogens with zero attached hydrogens (tertiary/aromatic N) is 3. The molecule has 1 aromatic rings. The summed E-state index contributed by atoms with van der Waals surface area (Å²) in [6.45, 7) is 7.24. The van der Waals surface area contributed by atoms with Gasteiger partial charge < -0.3 is 9.80 Å². The van der Waals surface area contributed by atoms with Crippen molar-refractivity contribution >= 4 is 34.8 Å². The summed E-state index contributed by atoms with van der Waals surface area (Å²) in [5.74, 6) is 1.01. The second-order valence-corrected chi connectivity index (χ2v) is 6.43. The number of aliphatic imine (C=N–C) groups is 1. The van der Waals surface area contributed by atoms with Crippen molar-refractivity contribution < 1.29 is 0 Å². The van der Waals surface area contributed by atoms with Gasteiger partial charge in [0.2, 0.25) is 5.96 Å². The van der Waals surface area contributed by atoms with Crippen molar-refractivity contribution in [2.45, 2.75) is 25.8 Å². The minimum Gasteiger partial charge on any atom is -0.335 e. The first kappa shape index (κ1) is 13.1. The Hall–Kier alpha value is -0.930. The van der Waals surface area contributed by atoms with Crippen LogP contribution in [0.25, 0.3) is 0 Å². The van der Waals surface area contributed by atoms with E-state index in [2.05, 4.69) is 28.6 Å². The molecule has 0 bridgehead atoms. The molecule has 2 aliphatic heterocycles. The second kappa shape index (κ2) is 4.57. The minimum atomic E-state index is 0.152. The molecule has 1 fully saturated rings. The average Bonchev–Trinajstić information content (AvgIpc) is 2.82. The van der Waals surface area contributed by atoms with Crippen molar-refractivity contribution in [1.82, 2.24) is 4.90 Å². The van der Waals surface area contributed by atoms with E-state index in [1.54, 1.807) is 0 Å². The lowest BCUT2D eigenvalue weighted by molar-refractivity contribution is 0.200. The maximum Gasteiger partial charge on any atom is 0.201 e. The number of hydrogen-bond donors (Lipinski definition) is 0. The Kier molecular flexibility index (Phi) is 3.14. The van der Waals surface area contributed by atoms with Crippen molar-refractivity contribution in [3.63, 3.8) is 0 Å². The Balaban J connectivity index is 2.03. The van der Waals surface area contributed by atoms with E-state index < -0.39 is 0 Å². The highest BCUT2D eigenvalue weighted by atomic mass is 35.5. The molecule has 0 amide bonds. The van der Waals surface area contributed by atoms with Crippen LogP contribution in [0.5, 0.6) is 0 Å². The maximum atomic E-state index is 6.32. The summed E-state index contributed by atoms with van der Waals surface area (Å²) in [5, 5.41) is 1.36. The van der Waals surface area contributed by atoms with E-state index in [1.807, 2.05) is 18.2 Å². The Morgan fingerprint density at radius 2 is 1.84 bits per heavy atom. The molecule has 0 aliphatic carbocycles. The van der Waals surface area contributed by atoms with Gasteiger partial charge in [-0.1, -0.05) is 29.3 Å². The molecule has 1 aromatic carbocycles. The largest absolute Gasteiger partial charge is 0.335 e. The van der Waals surface area contributed by atoms with Gasteiger partial charge in [-0.25, -0.2) is 0 Å². The molecule has 19 heavy (non-hydrogen) atoms. The summed E-state index contributed by atoms with van der Waals surface area (Å²) in [7, 11) is 0. The zero-order valence-electron chi connectivity index (χ0n) is 11.2. The van der Waals surface area contributed by atoms with Crippen molar-refractivity contribution in [2.75, 3.05) is 24.5 Å². The molecule has 0 spiro atoms. The molecule has 0 radical (unpaired) electrons.